The van der Waals surface area contributed by atoms with E-state index in [1.54, 1.807) is 0 Å². The number of pyridine rings is 1. The van der Waals surface area contributed by atoms with Crippen LogP contribution in [0.1, 0.15) is 0 Å². The van der Waals surface area contributed by atoms with Crippen LogP contribution in [0.2, 0.25) is 0 Å². The highest BCUT2D eigenvalue weighted by Gasteiger charge is 2.11. The van der Waals surface area contributed by atoms with Crippen molar-refractivity contribution in [3.8, 4) is 11.3 Å². The normalized spacial score (nSPS) is 11.2. The first kappa shape index (κ1) is 11.7. The van der Waals surface area contributed by atoms with Crippen LogP contribution in [-0.2, 0) is 0 Å². The summed E-state index contributed by atoms with van der Waals surface area (Å²) in [6, 6.07) is 20.8. The molecule has 0 saturated heterocycles. The Morgan fingerprint density at radius 2 is 1.65 bits per heavy atom. The van der Waals surface area contributed by atoms with Crippen molar-refractivity contribution >= 4 is 32.3 Å². The van der Waals surface area contributed by atoms with Gasteiger partial charge in [0.25, 0.3) is 0 Å². The van der Waals surface area contributed by atoms with Gasteiger partial charge in [0.15, 0.2) is 0 Å². The molecule has 4 aromatic rings. The van der Waals surface area contributed by atoms with E-state index in [2.05, 4.69) is 58.4 Å². The summed E-state index contributed by atoms with van der Waals surface area (Å²) >= 11 is 3.65. The Morgan fingerprint density at radius 1 is 0.850 bits per heavy atom. The summed E-state index contributed by atoms with van der Waals surface area (Å²) in [7, 11) is 0. The summed E-state index contributed by atoms with van der Waals surface area (Å²) in [6.07, 6.45) is 2.01. The van der Waals surface area contributed by atoms with E-state index >= 15 is 0 Å². The molecule has 0 N–H and O–H groups in total. The van der Waals surface area contributed by atoms with Crippen molar-refractivity contribution < 1.29 is 0 Å². The summed E-state index contributed by atoms with van der Waals surface area (Å²) in [5.74, 6) is 0. The Morgan fingerprint density at radius 3 is 2.50 bits per heavy atom. The fraction of sp³-hybridized carbons (Fsp3) is 0. The second-order valence-corrected chi connectivity index (χ2v) is 5.49. The van der Waals surface area contributed by atoms with Crippen LogP contribution >= 0.6 is 15.9 Å². The minimum absolute atomic E-state index is 0.947. The van der Waals surface area contributed by atoms with Gasteiger partial charge in [-0.1, -0.05) is 42.5 Å². The first-order valence-corrected chi connectivity index (χ1v) is 7.24. The van der Waals surface area contributed by atoms with Gasteiger partial charge in [0.2, 0.25) is 0 Å². The topological polar surface area (TPSA) is 17.3 Å². The third kappa shape index (κ3) is 1.74. The van der Waals surface area contributed by atoms with Gasteiger partial charge in [0.1, 0.15) is 15.9 Å². The molecule has 20 heavy (non-hydrogen) atoms. The van der Waals surface area contributed by atoms with E-state index in [0.717, 1.165) is 21.5 Å². The maximum Gasteiger partial charge on any atom is 0.138 e. The monoisotopic (exact) mass is 322 g/mol. The predicted molar refractivity (Wildman–Crippen MR) is 85.8 cm³/mol. The summed E-state index contributed by atoms with van der Waals surface area (Å²) < 4.78 is 3.04. The molecule has 0 aliphatic heterocycles. The van der Waals surface area contributed by atoms with Crippen molar-refractivity contribution in [3.63, 3.8) is 0 Å². The van der Waals surface area contributed by atoms with E-state index < -0.39 is 0 Å². The third-order valence-corrected chi connectivity index (χ3v) is 4.25. The predicted octanol–water partition coefficient (Wildman–Crippen LogP) is 4.92. The lowest BCUT2D eigenvalue weighted by Gasteiger charge is -2.02. The van der Waals surface area contributed by atoms with Gasteiger partial charge in [-0.3, -0.25) is 4.40 Å². The number of imidazole rings is 1. The van der Waals surface area contributed by atoms with Crippen molar-refractivity contribution in [2.24, 2.45) is 0 Å². The zero-order valence-corrected chi connectivity index (χ0v) is 12.2. The van der Waals surface area contributed by atoms with Gasteiger partial charge >= 0.3 is 0 Å². The molecule has 0 spiro atoms. The van der Waals surface area contributed by atoms with Crippen LogP contribution in [0.15, 0.2) is 71.5 Å². The summed E-state index contributed by atoms with van der Waals surface area (Å²) in [6.45, 7) is 0. The molecule has 3 heteroatoms. The quantitative estimate of drug-likeness (QED) is 0.486. The molecule has 2 heterocycles. The number of nitrogens with zero attached hydrogens (tertiary/aromatic N) is 2. The van der Waals surface area contributed by atoms with Crippen LogP contribution < -0.4 is 0 Å². The Labute approximate surface area is 124 Å². The maximum atomic E-state index is 4.71. The summed E-state index contributed by atoms with van der Waals surface area (Å²) in [5, 5.41) is 2.48. The van der Waals surface area contributed by atoms with E-state index in [9.17, 15) is 0 Å². The highest BCUT2D eigenvalue weighted by molar-refractivity contribution is 9.10. The Balaban J connectivity index is 1.98. The smallest absolute Gasteiger partial charge is 0.138 e. The van der Waals surface area contributed by atoms with Crippen LogP contribution in [-0.4, -0.2) is 9.38 Å². The number of aromatic nitrogens is 2. The van der Waals surface area contributed by atoms with Gasteiger partial charge in [-0.05, 0) is 44.9 Å². The molecule has 2 aromatic heterocycles. The van der Waals surface area contributed by atoms with E-state index in [4.69, 9.17) is 4.98 Å². The minimum atomic E-state index is 0.947. The van der Waals surface area contributed by atoms with Crippen LogP contribution in [0, 0.1) is 0 Å². The van der Waals surface area contributed by atoms with Gasteiger partial charge in [-0.2, -0.15) is 0 Å². The van der Waals surface area contributed by atoms with Crippen molar-refractivity contribution in [1.82, 2.24) is 9.38 Å². The lowest BCUT2D eigenvalue weighted by Crippen LogP contribution is -1.82. The minimum Gasteiger partial charge on any atom is -0.294 e. The van der Waals surface area contributed by atoms with E-state index in [1.165, 1.54) is 10.8 Å². The standard InChI is InChI=1S/C17H11BrN2/c18-17-16(19-15-7-3-4-10-20(15)17)14-9-8-12-5-1-2-6-13(12)11-14/h1-11H. The fourth-order valence-electron chi connectivity index (χ4n) is 2.49. The van der Waals surface area contributed by atoms with E-state index in [1.807, 2.05) is 28.8 Å². The fourth-order valence-corrected chi connectivity index (χ4v) is 3.10. The molecule has 0 saturated carbocycles. The van der Waals surface area contributed by atoms with Crippen LogP contribution in [0.3, 0.4) is 0 Å². The Kier molecular flexibility index (Phi) is 2.60. The van der Waals surface area contributed by atoms with E-state index in [-0.39, 0.29) is 0 Å². The number of hydrogen-bond donors (Lipinski definition) is 0. The molecule has 0 fully saturated rings. The Hall–Kier alpha value is -2.13. The second-order valence-electron chi connectivity index (χ2n) is 4.74. The molecule has 0 aliphatic carbocycles. The molecule has 0 radical (unpaired) electrons. The third-order valence-electron chi connectivity index (χ3n) is 3.49. The lowest BCUT2D eigenvalue weighted by molar-refractivity contribution is 1.15. The first-order valence-electron chi connectivity index (χ1n) is 6.45. The number of rotatable bonds is 1. The molecular formula is C17H11BrN2. The molecule has 0 atom stereocenters. The van der Waals surface area contributed by atoms with Crippen LogP contribution in [0.5, 0.6) is 0 Å². The number of fused-ring (bicyclic) bond motifs is 2. The SMILES string of the molecule is Brc1c(-c2ccc3ccccc3c2)nc2ccccn12. The second kappa shape index (κ2) is 4.46. The average Bonchev–Trinajstić information content (AvgIpc) is 2.84. The zero-order chi connectivity index (χ0) is 13.5. The van der Waals surface area contributed by atoms with Crippen LogP contribution in [0.4, 0.5) is 0 Å². The van der Waals surface area contributed by atoms with Gasteiger partial charge in [-0.15, -0.1) is 0 Å². The summed E-state index contributed by atoms with van der Waals surface area (Å²) in [5.41, 5.74) is 3.05. The summed E-state index contributed by atoms with van der Waals surface area (Å²) in [4.78, 5) is 4.71. The molecule has 0 aliphatic rings. The van der Waals surface area contributed by atoms with E-state index in [0.29, 0.717) is 0 Å². The molecular weight excluding hydrogens is 312 g/mol. The highest BCUT2D eigenvalue weighted by atomic mass is 79.9. The van der Waals surface area contributed by atoms with Gasteiger partial charge in [0, 0.05) is 11.8 Å². The number of hydrogen-bond acceptors (Lipinski definition) is 1. The van der Waals surface area contributed by atoms with Crippen molar-refractivity contribution in [1.29, 1.82) is 0 Å². The van der Waals surface area contributed by atoms with Crippen molar-refractivity contribution in [2.45, 2.75) is 0 Å². The maximum absolute atomic E-state index is 4.71. The van der Waals surface area contributed by atoms with Crippen molar-refractivity contribution in [3.05, 3.63) is 71.5 Å². The first-order chi connectivity index (χ1) is 9.83. The highest BCUT2D eigenvalue weighted by Crippen LogP contribution is 2.30. The molecule has 2 nitrogen and oxygen atoms in total. The Bertz CT molecular complexity index is 924. The molecule has 2 aromatic carbocycles. The number of halogens is 1. The molecule has 0 bridgehead atoms. The van der Waals surface area contributed by atoms with Crippen molar-refractivity contribution in [2.75, 3.05) is 0 Å². The average molecular weight is 323 g/mol. The van der Waals surface area contributed by atoms with Gasteiger partial charge < -0.3 is 0 Å². The van der Waals surface area contributed by atoms with Gasteiger partial charge in [-0.25, -0.2) is 4.98 Å². The zero-order valence-electron chi connectivity index (χ0n) is 10.6. The number of benzene rings is 2. The van der Waals surface area contributed by atoms with Crippen LogP contribution in [0.25, 0.3) is 27.7 Å². The van der Waals surface area contributed by atoms with Gasteiger partial charge in [0.05, 0.1) is 0 Å². The largest absolute Gasteiger partial charge is 0.294 e. The molecule has 4 rings (SSSR count). The molecule has 0 amide bonds. The molecule has 0 unspecified atom stereocenters. The lowest BCUT2D eigenvalue weighted by atomic mass is 10.1. The molecule has 96 valence electrons.